The lowest BCUT2D eigenvalue weighted by molar-refractivity contribution is -0.131. The van der Waals surface area contributed by atoms with Crippen LogP contribution in [0.15, 0.2) is 35.7 Å². The van der Waals surface area contributed by atoms with Crippen molar-refractivity contribution < 1.29 is 9.59 Å². The number of hydrogen-bond donors (Lipinski definition) is 2. The molecule has 3 heterocycles. The lowest BCUT2D eigenvalue weighted by atomic mass is 9.99. The van der Waals surface area contributed by atoms with Gasteiger partial charge in [0.05, 0.1) is 0 Å². The fourth-order valence-corrected chi connectivity index (χ4v) is 5.28. The Bertz CT molecular complexity index is 903. The lowest BCUT2D eigenvalue weighted by Gasteiger charge is -2.30. The van der Waals surface area contributed by atoms with Crippen LogP contribution in [0.1, 0.15) is 47.8 Å². The van der Waals surface area contributed by atoms with E-state index in [4.69, 9.17) is 0 Å². The Morgan fingerprint density at radius 2 is 1.78 bits per heavy atom. The third-order valence-corrected chi connectivity index (χ3v) is 7.57. The Kier molecular flexibility index (Phi) is 7.81. The summed E-state index contributed by atoms with van der Waals surface area (Å²) in [6.07, 6.45) is 3.84. The Morgan fingerprint density at radius 3 is 2.56 bits per heavy atom. The zero-order valence-corrected chi connectivity index (χ0v) is 19.8. The van der Waals surface area contributed by atoms with Gasteiger partial charge in [-0.1, -0.05) is 31.2 Å². The Labute approximate surface area is 195 Å². The van der Waals surface area contributed by atoms with E-state index in [0.29, 0.717) is 26.1 Å². The van der Waals surface area contributed by atoms with Crippen LogP contribution in [-0.2, 0) is 30.8 Å². The molecule has 2 aromatic rings. The number of thiophene rings is 1. The van der Waals surface area contributed by atoms with Crippen LogP contribution >= 0.6 is 11.3 Å². The molecule has 6 nitrogen and oxygen atoms in total. The number of piperidine rings is 1. The average molecular weight is 455 g/mol. The molecule has 2 aliphatic heterocycles. The first-order valence-electron chi connectivity index (χ1n) is 11.7. The van der Waals surface area contributed by atoms with E-state index in [1.165, 1.54) is 41.9 Å². The number of fused-ring (bicyclic) bond motifs is 1. The molecular formula is C25H34N4O2S. The summed E-state index contributed by atoms with van der Waals surface area (Å²) in [4.78, 5) is 30.3. The maximum absolute atomic E-state index is 12.4. The summed E-state index contributed by atoms with van der Waals surface area (Å²) in [6, 6.07) is 10.3. The first-order valence-corrected chi connectivity index (χ1v) is 12.6. The molecule has 7 heteroatoms. The number of hydrogen-bond acceptors (Lipinski definition) is 4. The summed E-state index contributed by atoms with van der Waals surface area (Å²) >= 11 is 1.77. The third kappa shape index (κ3) is 6.33. The molecule has 1 aromatic carbocycles. The van der Waals surface area contributed by atoms with Crippen molar-refractivity contribution in [2.45, 2.75) is 52.2 Å². The quantitative estimate of drug-likeness (QED) is 0.670. The third-order valence-electron chi connectivity index (χ3n) is 6.54. The van der Waals surface area contributed by atoms with Crippen molar-refractivity contribution in [1.29, 1.82) is 0 Å². The Morgan fingerprint density at radius 1 is 1.03 bits per heavy atom. The highest BCUT2D eigenvalue weighted by molar-refractivity contribution is 7.10. The Balaban J connectivity index is 1.12. The topological polar surface area (TPSA) is 64.7 Å². The van der Waals surface area contributed by atoms with Crippen molar-refractivity contribution >= 4 is 23.3 Å². The summed E-state index contributed by atoms with van der Waals surface area (Å²) in [5, 5.41) is 7.78. The van der Waals surface area contributed by atoms with Crippen LogP contribution < -0.4 is 10.6 Å². The van der Waals surface area contributed by atoms with Crippen LogP contribution in [0.4, 0.5) is 4.79 Å². The van der Waals surface area contributed by atoms with Gasteiger partial charge in [-0.25, -0.2) is 4.79 Å². The van der Waals surface area contributed by atoms with Gasteiger partial charge in [-0.3, -0.25) is 9.69 Å². The van der Waals surface area contributed by atoms with Crippen LogP contribution in [0.2, 0.25) is 0 Å². The van der Waals surface area contributed by atoms with Gasteiger partial charge >= 0.3 is 6.03 Å². The highest BCUT2D eigenvalue weighted by Gasteiger charge is 2.21. The molecule has 2 aliphatic rings. The van der Waals surface area contributed by atoms with Gasteiger partial charge in [0.15, 0.2) is 0 Å². The summed E-state index contributed by atoms with van der Waals surface area (Å²) in [7, 11) is 0. The van der Waals surface area contributed by atoms with E-state index in [9.17, 15) is 9.59 Å². The van der Waals surface area contributed by atoms with E-state index in [-0.39, 0.29) is 11.9 Å². The molecule has 0 aliphatic carbocycles. The minimum atomic E-state index is -0.233. The molecule has 1 aromatic heterocycles. The van der Waals surface area contributed by atoms with E-state index in [0.717, 1.165) is 31.0 Å². The highest BCUT2D eigenvalue weighted by Crippen LogP contribution is 2.24. The van der Waals surface area contributed by atoms with E-state index >= 15 is 0 Å². The normalized spacial score (nSPS) is 17.1. The highest BCUT2D eigenvalue weighted by atomic mass is 32.1. The number of amides is 3. The number of urea groups is 1. The smallest absolute Gasteiger partial charge is 0.315 e. The first kappa shape index (κ1) is 22.8. The first-order chi connectivity index (χ1) is 15.6. The number of likely N-dealkylation sites (tertiary alicyclic amines) is 1. The van der Waals surface area contributed by atoms with E-state index in [2.05, 4.69) is 58.2 Å². The molecule has 1 saturated heterocycles. The molecule has 2 N–H and O–H groups in total. The maximum Gasteiger partial charge on any atom is 0.315 e. The number of benzene rings is 1. The molecular weight excluding hydrogens is 420 g/mol. The van der Waals surface area contributed by atoms with Crippen LogP contribution in [-0.4, -0.2) is 47.9 Å². The zero-order valence-electron chi connectivity index (χ0n) is 18.9. The summed E-state index contributed by atoms with van der Waals surface area (Å²) in [6.45, 7) is 7.99. The fraction of sp³-hybridized carbons (Fsp3) is 0.520. The largest absolute Gasteiger partial charge is 0.338 e. The van der Waals surface area contributed by atoms with E-state index in [1.54, 1.807) is 11.3 Å². The zero-order chi connectivity index (χ0) is 22.3. The van der Waals surface area contributed by atoms with Crippen LogP contribution in [0.25, 0.3) is 0 Å². The van der Waals surface area contributed by atoms with Crippen molar-refractivity contribution in [2.75, 3.05) is 26.2 Å². The van der Waals surface area contributed by atoms with Crippen molar-refractivity contribution in [3.05, 3.63) is 57.3 Å². The summed E-state index contributed by atoms with van der Waals surface area (Å²) in [5.74, 6) is 0.948. The van der Waals surface area contributed by atoms with E-state index in [1.807, 2.05) is 4.90 Å². The van der Waals surface area contributed by atoms with Crippen molar-refractivity contribution in [3.63, 3.8) is 0 Å². The second-order valence-electron chi connectivity index (χ2n) is 9.07. The van der Waals surface area contributed by atoms with Gasteiger partial charge < -0.3 is 15.5 Å². The predicted molar refractivity (Wildman–Crippen MR) is 128 cm³/mol. The Hall–Kier alpha value is -2.38. The van der Waals surface area contributed by atoms with Gasteiger partial charge in [0, 0.05) is 44.0 Å². The predicted octanol–water partition coefficient (Wildman–Crippen LogP) is 3.75. The molecule has 172 valence electrons. The summed E-state index contributed by atoms with van der Waals surface area (Å²) < 4.78 is 0. The minimum absolute atomic E-state index is 0.0981. The monoisotopic (exact) mass is 454 g/mol. The van der Waals surface area contributed by atoms with E-state index < -0.39 is 0 Å². The maximum atomic E-state index is 12.4. The standard InChI is InChI=1S/C25H34N4O2S/c1-19-7-12-28(13-8-19)17-21-4-2-20(3-5-21)16-27-25(31)26-11-6-24(30)29-14-9-23-22(18-29)10-15-32-23/h2-5,10,15,19H,6-9,11-14,16-18H2,1H3,(H2,26,27,31). The van der Waals surface area contributed by atoms with Crippen molar-refractivity contribution in [3.8, 4) is 0 Å². The molecule has 0 unspecified atom stereocenters. The van der Waals surface area contributed by atoms with Gasteiger partial charge in [-0.05, 0) is 66.4 Å². The van der Waals surface area contributed by atoms with Gasteiger partial charge in [-0.15, -0.1) is 11.3 Å². The van der Waals surface area contributed by atoms with Gasteiger partial charge in [0.25, 0.3) is 0 Å². The molecule has 0 bridgehead atoms. The number of rotatable bonds is 7. The number of carbonyl (C=O) groups is 2. The minimum Gasteiger partial charge on any atom is -0.338 e. The SMILES string of the molecule is CC1CCN(Cc2ccc(CNC(=O)NCCC(=O)N3CCc4sccc4C3)cc2)CC1. The molecule has 0 atom stereocenters. The molecule has 0 saturated carbocycles. The van der Waals surface area contributed by atoms with Crippen LogP contribution in [0, 0.1) is 5.92 Å². The number of nitrogens with zero attached hydrogens (tertiary/aromatic N) is 2. The second-order valence-corrected chi connectivity index (χ2v) is 10.1. The van der Waals surface area contributed by atoms with Crippen LogP contribution in [0.5, 0.6) is 0 Å². The number of nitrogens with one attached hydrogen (secondary N) is 2. The lowest BCUT2D eigenvalue weighted by Crippen LogP contribution is -2.40. The van der Waals surface area contributed by atoms with Crippen LogP contribution in [0.3, 0.4) is 0 Å². The average Bonchev–Trinajstić information content (AvgIpc) is 3.28. The second kappa shape index (κ2) is 11.0. The molecule has 32 heavy (non-hydrogen) atoms. The molecule has 3 amide bonds. The van der Waals surface area contributed by atoms with Gasteiger partial charge in [0.2, 0.25) is 5.91 Å². The molecule has 1 fully saturated rings. The van der Waals surface area contributed by atoms with Crippen molar-refractivity contribution in [1.82, 2.24) is 20.4 Å². The molecule has 0 spiro atoms. The van der Waals surface area contributed by atoms with Gasteiger partial charge in [-0.2, -0.15) is 0 Å². The van der Waals surface area contributed by atoms with Crippen molar-refractivity contribution in [2.24, 2.45) is 5.92 Å². The molecule has 4 rings (SSSR count). The fourth-order valence-electron chi connectivity index (χ4n) is 4.39. The molecule has 0 radical (unpaired) electrons. The summed E-state index contributed by atoms with van der Waals surface area (Å²) in [5.41, 5.74) is 3.66. The number of carbonyl (C=O) groups excluding carboxylic acids is 2. The van der Waals surface area contributed by atoms with Gasteiger partial charge in [0.1, 0.15) is 0 Å².